The second kappa shape index (κ2) is 1.82. The third kappa shape index (κ3) is 0.521. The van der Waals surface area contributed by atoms with E-state index < -0.39 is 5.97 Å². The summed E-state index contributed by atoms with van der Waals surface area (Å²) in [5.74, 6) is 1.05. The van der Waals surface area contributed by atoms with Crippen LogP contribution in [0.4, 0.5) is 0 Å². The van der Waals surface area contributed by atoms with Crippen molar-refractivity contribution in [3.05, 3.63) is 24.3 Å². The Morgan fingerprint density at radius 2 is 1.67 bits per heavy atom. The fourth-order valence-electron chi connectivity index (χ4n) is 3.02. The predicted molar refractivity (Wildman–Crippen MR) is 43.4 cm³/mol. The number of carbonyl (C=O) groups is 1. The topological polar surface area (TPSA) is 37.3 Å². The minimum absolute atomic E-state index is 0.130. The van der Waals surface area contributed by atoms with Gasteiger partial charge in [-0.05, 0) is 23.7 Å². The lowest BCUT2D eigenvalue weighted by atomic mass is 9.58. The van der Waals surface area contributed by atoms with Crippen LogP contribution >= 0.6 is 0 Å². The summed E-state index contributed by atoms with van der Waals surface area (Å²) in [5, 5.41) is 8.93. The van der Waals surface area contributed by atoms with Gasteiger partial charge in [0, 0.05) is 0 Å². The molecule has 0 aliphatic heterocycles. The Hall–Kier alpha value is -1.05. The lowest BCUT2D eigenvalue weighted by Crippen LogP contribution is -2.47. The summed E-state index contributed by atoms with van der Waals surface area (Å²) in [4.78, 5) is 10.8. The van der Waals surface area contributed by atoms with Gasteiger partial charge in [-0.15, -0.1) is 0 Å². The van der Waals surface area contributed by atoms with E-state index in [2.05, 4.69) is 24.3 Å². The van der Waals surface area contributed by atoms with Gasteiger partial charge in [-0.3, -0.25) is 4.79 Å². The molecule has 2 nitrogen and oxygen atoms in total. The number of hydrogen-bond donors (Lipinski definition) is 1. The van der Waals surface area contributed by atoms with Crippen molar-refractivity contribution in [3.63, 3.8) is 0 Å². The highest BCUT2D eigenvalue weighted by Gasteiger charge is 2.57. The van der Waals surface area contributed by atoms with Gasteiger partial charge in [-0.2, -0.15) is 0 Å². The van der Waals surface area contributed by atoms with Crippen LogP contribution in [0.15, 0.2) is 24.3 Å². The Morgan fingerprint density at radius 1 is 1.08 bits per heavy atom. The number of aliphatic carboxylic acids is 1. The van der Waals surface area contributed by atoms with Crippen LogP contribution in [0, 0.1) is 29.6 Å². The fourth-order valence-corrected chi connectivity index (χ4v) is 3.02. The van der Waals surface area contributed by atoms with Crippen LogP contribution in [0.2, 0.25) is 0 Å². The van der Waals surface area contributed by atoms with E-state index in [1.165, 1.54) is 0 Å². The van der Waals surface area contributed by atoms with E-state index in [-0.39, 0.29) is 5.92 Å². The second-order valence-electron chi connectivity index (χ2n) is 3.94. The molecule has 1 fully saturated rings. The van der Waals surface area contributed by atoms with Crippen molar-refractivity contribution >= 4 is 5.97 Å². The Bertz CT molecular complexity index is 281. The minimum atomic E-state index is -0.627. The number of rotatable bonds is 1. The summed E-state index contributed by atoms with van der Waals surface area (Å²) in [6, 6.07) is 0. The zero-order valence-corrected chi connectivity index (χ0v) is 6.55. The SMILES string of the molecule is O=C(O)C1C2C=CC3C=CC1C32. The predicted octanol–water partition coefficient (Wildman–Crippen LogP) is 1.31. The van der Waals surface area contributed by atoms with Gasteiger partial charge in [0.15, 0.2) is 0 Å². The number of carboxylic acid groups (broad SMARTS) is 1. The summed E-state index contributed by atoms with van der Waals surface area (Å²) >= 11 is 0. The molecule has 0 amide bonds. The van der Waals surface area contributed by atoms with Crippen molar-refractivity contribution in [2.24, 2.45) is 29.6 Å². The molecule has 0 aromatic heterocycles. The van der Waals surface area contributed by atoms with Gasteiger partial charge in [0.05, 0.1) is 5.92 Å². The van der Waals surface area contributed by atoms with Crippen LogP contribution in [0.5, 0.6) is 0 Å². The zero-order chi connectivity index (χ0) is 8.29. The second-order valence-corrected chi connectivity index (χ2v) is 3.94. The molecule has 0 radical (unpaired) electrons. The first kappa shape index (κ1) is 6.46. The molecule has 0 bridgehead atoms. The highest BCUT2D eigenvalue weighted by Crippen LogP contribution is 2.58. The Kier molecular flexibility index (Phi) is 0.978. The zero-order valence-electron chi connectivity index (χ0n) is 6.55. The maximum absolute atomic E-state index is 10.8. The van der Waals surface area contributed by atoms with Gasteiger partial charge in [0.1, 0.15) is 0 Å². The third-order valence-electron chi connectivity index (χ3n) is 3.56. The van der Waals surface area contributed by atoms with E-state index in [0.717, 1.165) is 0 Å². The lowest BCUT2D eigenvalue weighted by Gasteiger charge is -2.43. The Morgan fingerprint density at radius 3 is 2.17 bits per heavy atom. The molecule has 0 spiro atoms. The molecule has 2 unspecified atom stereocenters. The molecule has 0 saturated heterocycles. The molecule has 0 heterocycles. The van der Waals surface area contributed by atoms with Gasteiger partial charge in [-0.1, -0.05) is 24.3 Å². The average molecular weight is 162 g/mol. The van der Waals surface area contributed by atoms with E-state index >= 15 is 0 Å². The fraction of sp³-hybridized carbons (Fsp3) is 0.500. The van der Waals surface area contributed by atoms with Gasteiger partial charge in [0.2, 0.25) is 0 Å². The molecule has 1 N–H and O–H groups in total. The molecule has 1 saturated carbocycles. The molecule has 3 aliphatic carbocycles. The molecule has 62 valence electrons. The molecular formula is C10H10O2. The van der Waals surface area contributed by atoms with Crippen LogP contribution in [0.3, 0.4) is 0 Å². The first-order valence-electron chi connectivity index (χ1n) is 4.38. The Balaban J connectivity index is 1.98. The summed E-state index contributed by atoms with van der Waals surface area (Å²) in [6.07, 6.45) is 8.51. The van der Waals surface area contributed by atoms with Crippen molar-refractivity contribution in [2.45, 2.75) is 0 Å². The molecular weight excluding hydrogens is 152 g/mol. The van der Waals surface area contributed by atoms with Crippen LogP contribution < -0.4 is 0 Å². The average Bonchev–Trinajstić information content (AvgIpc) is 2.36. The largest absolute Gasteiger partial charge is 0.481 e. The summed E-state index contributed by atoms with van der Waals surface area (Å²) in [7, 11) is 0. The van der Waals surface area contributed by atoms with Crippen LogP contribution in [-0.4, -0.2) is 11.1 Å². The smallest absolute Gasteiger partial charge is 0.307 e. The Labute approximate surface area is 70.6 Å². The number of carboxylic acids is 1. The third-order valence-corrected chi connectivity index (χ3v) is 3.56. The highest BCUT2D eigenvalue weighted by molar-refractivity contribution is 5.74. The van der Waals surface area contributed by atoms with Crippen LogP contribution in [0.25, 0.3) is 0 Å². The van der Waals surface area contributed by atoms with E-state index in [1.807, 2.05) is 0 Å². The first-order chi connectivity index (χ1) is 5.79. The van der Waals surface area contributed by atoms with Gasteiger partial charge in [-0.25, -0.2) is 0 Å². The number of allylic oxidation sites excluding steroid dienone is 4. The first-order valence-corrected chi connectivity index (χ1v) is 4.38. The van der Waals surface area contributed by atoms with Crippen molar-refractivity contribution in [3.8, 4) is 0 Å². The standard InChI is InChI=1S/C10H10O2/c11-10(12)9-6-3-1-5-2-4-7(9)8(5)6/h1-9H,(H,11,12). The monoisotopic (exact) mass is 162 g/mol. The van der Waals surface area contributed by atoms with Gasteiger partial charge < -0.3 is 5.11 Å². The van der Waals surface area contributed by atoms with E-state index in [0.29, 0.717) is 23.7 Å². The molecule has 2 atom stereocenters. The lowest BCUT2D eigenvalue weighted by molar-refractivity contribution is -0.152. The van der Waals surface area contributed by atoms with Crippen LogP contribution in [-0.2, 0) is 4.79 Å². The van der Waals surface area contributed by atoms with E-state index in [1.54, 1.807) is 0 Å². The molecule has 0 aromatic rings. The van der Waals surface area contributed by atoms with E-state index in [9.17, 15) is 4.79 Å². The molecule has 3 aliphatic rings. The number of hydrogen-bond acceptors (Lipinski definition) is 1. The van der Waals surface area contributed by atoms with Gasteiger partial charge in [0.25, 0.3) is 0 Å². The highest BCUT2D eigenvalue weighted by atomic mass is 16.4. The summed E-state index contributed by atoms with van der Waals surface area (Å²) in [5.41, 5.74) is 0. The van der Waals surface area contributed by atoms with E-state index in [4.69, 9.17) is 5.11 Å². The summed E-state index contributed by atoms with van der Waals surface area (Å²) in [6.45, 7) is 0. The maximum atomic E-state index is 10.8. The summed E-state index contributed by atoms with van der Waals surface area (Å²) < 4.78 is 0. The normalized spacial score (nSPS) is 52.2. The molecule has 2 heteroatoms. The molecule has 12 heavy (non-hydrogen) atoms. The molecule has 0 aromatic carbocycles. The van der Waals surface area contributed by atoms with Crippen molar-refractivity contribution in [1.82, 2.24) is 0 Å². The maximum Gasteiger partial charge on any atom is 0.307 e. The van der Waals surface area contributed by atoms with Gasteiger partial charge >= 0.3 is 5.97 Å². The van der Waals surface area contributed by atoms with Crippen molar-refractivity contribution < 1.29 is 9.90 Å². The van der Waals surface area contributed by atoms with Crippen LogP contribution in [0.1, 0.15) is 0 Å². The molecule has 3 rings (SSSR count). The minimum Gasteiger partial charge on any atom is -0.481 e. The van der Waals surface area contributed by atoms with Crippen molar-refractivity contribution in [1.29, 1.82) is 0 Å². The quantitative estimate of drug-likeness (QED) is 0.590. The van der Waals surface area contributed by atoms with Crippen molar-refractivity contribution in [2.75, 3.05) is 0 Å².